The van der Waals surface area contributed by atoms with Crippen molar-refractivity contribution in [3.05, 3.63) is 28.4 Å². The zero-order valence-electron chi connectivity index (χ0n) is 6.31. The number of carboxylic acids is 1. The molecule has 1 rings (SSSR count). The molecule has 13 heavy (non-hydrogen) atoms. The van der Waals surface area contributed by atoms with E-state index in [1.165, 1.54) is 0 Å². The molecule has 0 saturated heterocycles. The van der Waals surface area contributed by atoms with Gasteiger partial charge in [-0.25, -0.2) is 0 Å². The summed E-state index contributed by atoms with van der Waals surface area (Å²) in [5.41, 5.74) is 0.830. The topological polar surface area (TPSA) is 40.1 Å². The lowest BCUT2D eigenvalue weighted by atomic mass is 10.2. The van der Waals surface area contributed by atoms with Gasteiger partial charge in [-0.05, 0) is 85.5 Å². The minimum absolute atomic E-state index is 0.00881. The first kappa shape index (κ1) is 12.0. The third-order valence-electron chi connectivity index (χ3n) is 1.40. The molecule has 0 aliphatic heterocycles. The highest BCUT2D eigenvalue weighted by molar-refractivity contribution is 14.1. The Labute approximate surface area is 117 Å². The number of halogens is 3. The molecule has 70 valence electrons. The number of hydrogen-bond donors (Lipinski definition) is 0. The van der Waals surface area contributed by atoms with E-state index in [4.69, 9.17) is 0 Å². The van der Waals surface area contributed by atoms with Crippen molar-refractivity contribution in [2.24, 2.45) is 0 Å². The fourth-order valence-electron chi connectivity index (χ4n) is 0.893. The fourth-order valence-corrected chi connectivity index (χ4v) is 3.36. The third kappa shape index (κ3) is 3.50. The summed E-state index contributed by atoms with van der Waals surface area (Å²) in [6.45, 7) is 0. The lowest BCUT2D eigenvalue weighted by Gasteiger charge is -2.07. The second kappa shape index (κ2) is 5.10. The van der Waals surface area contributed by atoms with Crippen molar-refractivity contribution in [2.75, 3.05) is 0 Å². The molecule has 0 bridgehead atoms. The van der Waals surface area contributed by atoms with Crippen LogP contribution in [0.15, 0.2) is 12.1 Å². The molecule has 0 fully saturated rings. The lowest BCUT2D eigenvalue weighted by Crippen LogP contribution is -2.24. The zero-order chi connectivity index (χ0) is 10.0. The molecule has 0 saturated carbocycles. The van der Waals surface area contributed by atoms with Crippen LogP contribution in [-0.2, 0) is 11.2 Å². The van der Waals surface area contributed by atoms with Gasteiger partial charge in [-0.3, -0.25) is 0 Å². The first-order chi connectivity index (χ1) is 6.00. The van der Waals surface area contributed by atoms with Crippen molar-refractivity contribution in [3.63, 3.8) is 0 Å². The van der Waals surface area contributed by atoms with Crippen LogP contribution in [0, 0.1) is 10.7 Å². The van der Waals surface area contributed by atoms with Crippen LogP contribution >= 0.6 is 67.8 Å². The van der Waals surface area contributed by atoms with E-state index in [0.29, 0.717) is 0 Å². The van der Waals surface area contributed by atoms with Gasteiger partial charge in [-0.15, -0.1) is 0 Å². The summed E-state index contributed by atoms with van der Waals surface area (Å²) in [5, 5.41) is 10.4. The summed E-state index contributed by atoms with van der Waals surface area (Å²) in [6, 6.07) is 3.89. The van der Waals surface area contributed by atoms with Gasteiger partial charge in [0.15, 0.2) is 0 Å². The average molecular weight is 513 g/mol. The molecular formula is C8H4I3O2-. The molecule has 0 aromatic heterocycles. The first-order valence-electron chi connectivity index (χ1n) is 3.34. The summed E-state index contributed by atoms with van der Waals surface area (Å²) >= 11 is 6.52. The second-order valence-electron chi connectivity index (χ2n) is 2.41. The molecule has 0 amide bonds. The molecular weight excluding hydrogens is 509 g/mol. The molecule has 0 aliphatic carbocycles. The quantitative estimate of drug-likeness (QED) is 0.448. The lowest BCUT2D eigenvalue weighted by molar-refractivity contribution is -0.304. The number of hydrogen-bond acceptors (Lipinski definition) is 2. The van der Waals surface area contributed by atoms with Gasteiger partial charge in [-0.1, -0.05) is 0 Å². The highest BCUT2D eigenvalue weighted by Crippen LogP contribution is 2.22. The molecule has 0 N–H and O–H groups in total. The van der Waals surface area contributed by atoms with Crippen molar-refractivity contribution >= 4 is 73.7 Å². The van der Waals surface area contributed by atoms with Crippen LogP contribution in [0.25, 0.3) is 0 Å². The van der Waals surface area contributed by atoms with Gasteiger partial charge in [0.05, 0.1) is 0 Å². The van der Waals surface area contributed by atoms with Gasteiger partial charge >= 0.3 is 0 Å². The van der Waals surface area contributed by atoms with Crippen LogP contribution in [0.5, 0.6) is 0 Å². The van der Waals surface area contributed by atoms with Gasteiger partial charge in [0.2, 0.25) is 0 Å². The number of carbonyl (C=O) groups excluding carboxylic acids is 1. The van der Waals surface area contributed by atoms with E-state index in [0.717, 1.165) is 16.3 Å². The Morgan fingerprint density at radius 2 is 1.92 bits per heavy atom. The van der Waals surface area contributed by atoms with Crippen molar-refractivity contribution in [2.45, 2.75) is 6.42 Å². The maximum Gasteiger partial charge on any atom is 0.0458 e. The molecule has 2 nitrogen and oxygen atoms in total. The molecule has 0 radical (unpaired) electrons. The Balaban J connectivity index is 3.12. The number of aliphatic carboxylic acids is 1. The molecule has 0 atom stereocenters. The molecule has 5 heteroatoms. The van der Waals surface area contributed by atoms with E-state index < -0.39 is 5.97 Å². The molecule has 0 aliphatic rings. The highest BCUT2D eigenvalue weighted by atomic mass is 127. The van der Waals surface area contributed by atoms with Crippen molar-refractivity contribution in [3.8, 4) is 0 Å². The van der Waals surface area contributed by atoms with E-state index in [2.05, 4.69) is 67.8 Å². The van der Waals surface area contributed by atoms with Gasteiger partial charge in [0.1, 0.15) is 0 Å². The van der Waals surface area contributed by atoms with Crippen LogP contribution in [0.1, 0.15) is 5.56 Å². The van der Waals surface area contributed by atoms with Crippen LogP contribution < -0.4 is 5.11 Å². The highest BCUT2D eigenvalue weighted by Gasteiger charge is 2.05. The van der Waals surface area contributed by atoms with Crippen LogP contribution in [-0.4, -0.2) is 5.97 Å². The summed E-state index contributed by atoms with van der Waals surface area (Å²) in [6.07, 6.45) is -0.00881. The Kier molecular flexibility index (Phi) is 4.69. The number of benzene rings is 1. The summed E-state index contributed by atoms with van der Waals surface area (Å²) < 4.78 is 3.14. The summed E-state index contributed by atoms with van der Waals surface area (Å²) in [7, 11) is 0. The van der Waals surface area contributed by atoms with E-state index in [1.807, 2.05) is 12.1 Å². The Hall–Kier alpha value is 0.880. The van der Waals surface area contributed by atoms with Crippen LogP contribution in [0.3, 0.4) is 0 Å². The van der Waals surface area contributed by atoms with Gasteiger partial charge in [0.25, 0.3) is 0 Å². The standard InChI is InChI=1S/C8H5I3O2/c9-5-1-4(2-7(12)13)8(11)6(10)3-5/h1,3H,2H2,(H,12,13)/p-1. The molecule has 1 aromatic carbocycles. The summed E-state index contributed by atoms with van der Waals surface area (Å²) in [4.78, 5) is 10.4. The second-order valence-corrected chi connectivity index (χ2v) is 5.90. The predicted molar refractivity (Wildman–Crippen MR) is 73.3 cm³/mol. The summed E-state index contributed by atoms with van der Waals surface area (Å²) in [5.74, 6) is -1.03. The smallest absolute Gasteiger partial charge is 0.0458 e. The van der Waals surface area contributed by atoms with E-state index >= 15 is 0 Å². The van der Waals surface area contributed by atoms with E-state index in [1.54, 1.807) is 0 Å². The Morgan fingerprint density at radius 1 is 1.31 bits per heavy atom. The van der Waals surface area contributed by atoms with Crippen molar-refractivity contribution < 1.29 is 9.90 Å². The normalized spacial score (nSPS) is 10.1. The average Bonchev–Trinajstić information content (AvgIpc) is 1.98. The van der Waals surface area contributed by atoms with Gasteiger partial charge in [0, 0.05) is 23.1 Å². The predicted octanol–water partition coefficient (Wildman–Crippen LogP) is 1.79. The SMILES string of the molecule is O=C([O-])Cc1cc(I)cc(I)c1I. The first-order valence-corrected chi connectivity index (χ1v) is 6.57. The number of carboxylic acid groups (broad SMARTS) is 1. The van der Waals surface area contributed by atoms with Gasteiger partial charge < -0.3 is 9.90 Å². The molecule has 0 spiro atoms. The minimum atomic E-state index is -1.03. The van der Waals surface area contributed by atoms with Gasteiger partial charge in [-0.2, -0.15) is 0 Å². The van der Waals surface area contributed by atoms with Crippen molar-refractivity contribution in [1.29, 1.82) is 0 Å². The van der Waals surface area contributed by atoms with Crippen LogP contribution in [0.4, 0.5) is 0 Å². The van der Waals surface area contributed by atoms with E-state index in [-0.39, 0.29) is 6.42 Å². The fraction of sp³-hybridized carbons (Fsp3) is 0.125. The zero-order valence-corrected chi connectivity index (χ0v) is 12.8. The maximum atomic E-state index is 10.4. The molecule has 0 unspecified atom stereocenters. The van der Waals surface area contributed by atoms with E-state index in [9.17, 15) is 9.90 Å². The monoisotopic (exact) mass is 513 g/mol. The largest absolute Gasteiger partial charge is 0.550 e. The van der Waals surface area contributed by atoms with Crippen LogP contribution in [0.2, 0.25) is 0 Å². The Bertz CT molecular complexity index is 349. The molecule has 0 heterocycles. The maximum absolute atomic E-state index is 10.4. The van der Waals surface area contributed by atoms with Crippen molar-refractivity contribution in [1.82, 2.24) is 0 Å². The number of carbonyl (C=O) groups is 1. The third-order valence-corrected chi connectivity index (χ3v) is 5.18. The Morgan fingerprint density at radius 3 is 2.46 bits per heavy atom. The number of rotatable bonds is 2. The minimum Gasteiger partial charge on any atom is -0.550 e. The molecule has 1 aromatic rings.